The summed E-state index contributed by atoms with van der Waals surface area (Å²) in [6.07, 6.45) is 2.52. The summed E-state index contributed by atoms with van der Waals surface area (Å²) in [5.41, 5.74) is 0.888. The summed E-state index contributed by atoms with van der Waals surface area (Å²) in [4.78, 5) is 14.9. The second-order valence-corrected chi connectivity index (χ2v) is 7.99. The van der Waals surface area contributed by atoms with Crippen molar-refractivity contribution < 1.29 is 19.4 Å². The zero-order valence-electron chi connectivity index (χ0n) is 14.8. The molecule has 0 spiro atoms. The zero-order valence-corrected chi connectivity index (χ0v) is 16.3. The summed E-state index contributed by atoms with van der Waals surface area (Å²) in [7, 11) is 3.23. The Morgan fingerprint density at radius 2 is 2.08 bits per heavy atom. The predicted molar refractivity (Wildman–Crippen MR) is 103 cm³/mol. The van der Waals surface area contributed by atoms with Gasteiger partial charge in [0.2, 0.25) is 0 Å². The van der Waals surface area contributed by atoms with Gasteiger partial charge in [-0.15, -0.1) is 11.3 Å². The van der Waals surface area contributed by atoms with E-state index in [1.807, 2.05) is 35.2 Å². The van der Waals surface area contributed by atoms with Crippen LogP contribution in [-0.4, -0.2) is 42.8 Å². The number of hydrogen-bond acceptors (Lipinski definition) is 5. The Morgan fingerprint density at radius 3 is 2.69 bits per heavy atom. The van der Waals surface area contributed by atoms with E-state index in [4.69, 9.17) is 21.1 Å². The van der Waals surface area contributed by atoms with Crippen molar-refractivity contribution >= 4 is 28.9 Å². The normalized spacial score (nSPS) is 19.1. The molecule has 1 aliphatic heterocycles. The highest BCUT2D eigenvalue weighted by molar-refractivity contribution is 7.16. The molecule has 1 aromatic heterocycles. The second kappa shape index (κ2) is 8.29. The number of carbonyl (C=O) groups is 1. The lowest BCUT2D eigenvalue weighted by Crippen LogP contribution is -2.46. The van der Waals surface area contributed by atoms with Gasteiger partial charge in [0.25, 0.3) is 0 Å². The van der Waals surface area contributed by atoms with Crippen LogP contribution in [0.3, 0.4) is 0 Å². The molecule has 2 atom stereocenters. The molecule has 140 valence electrons. The maximum Gasteiger partial charge on any atom is 0.320 e. The molecule has 2 unspecified atom stereocenters. The fourth-order valence-electron chi connectivity index (χ4n) is 3.55. The van der Waals surface area contributed by atoms with Crippen LogP contribution in [0.5, 0.6) is 11.5 Å². The molecule has 2 heterocycles. The monoisotopic (exact) mass is 395 g/mol. The quantitative estimate of drug-likeness (QED) is 0.783. The summed E-state index contributed by atoms with van der Waals surface area (Å²) in [6, 6.07) is 8.64. The van der Waals surface area contributed by atoms with Crippen molar-refractivity contribution in [1.29, 1.82) is 0 Å². The van der Waals surface area contributed by atoms with E-state index in [2.05, 4.69) is 0 Å². The van der Waals surface area contributed by atoms with Crippen LogP contribution in [0.2, 0.25) is 4.34 Å². The fraction of sp³-hybridized carbons (Fsp3) is 0.421. The Balaban J connectivity index is 2.14. The first-order chi connectivity index (χ1) is 12.5. The molecule has 7 heteroatoms. The van der Waals surface area contributed by atoms with Gasteiger partial charge in [-0.25, -0.2) is 0 Å². The Kier molecular flexibility index (Phi) is 6.06. The average molecular weight is 396 g/mol. The van der Waals surface area contributed by atoms with Crippen LogP contribution >= 0.6 is 22.9 Å². The molecule has 5 nitrogen and oxygen atoms in total. The van der Waals surface area contributed by atoms with Crippen LogP contribution in [0.1, 0.15) is 35.7 Å². The second-order valence-electron chi connectivity index (χ2n) is 6.24. The van der Waals surface area contributed by atoms with Crippen LogP contribution in [-0.2, 0) is 4.79 Å². The SMILES string of the molecule is COc1ccc(OC)c(C(c2ccc(Cl)s2)N2CCCCC2C(=O)O)c1. The maximum atomic E-state index is 11.9. The highest BCUT2D eigenvalue weighted by Crippen LogP contribution is 2.42. The molecule has 3 rings (SSSR count). The summed E-state index contributed by atoms with van der Waals surface area (Å²) in [5, 5.41) is 9.76. The third-order valence-corrected chi connectivity index (χ3v) is 6.04. The molecule has 1 aromatic carbocycles. The van der Waals surface area contributed by atoms with E-state index in [1.54, 1.807) is 14.2 Å². The number of hydrogen-bond donors (Lipinski definition) is 1. The smallest absolute Gasteiger partial charge is 0.320 e. The van der Waals surface area contributed by atoms with Crippen molar-refractivity contribution in [3.8, 4) is 11.5 Å². The van der Waals surface area contributed by atoms with Gasteiger partial charge in [0.05, 0.1) is 24.6 Å². The Labute approximate surface area is 162 Å². The number of methoxy groups -OCH3 is 2. The van der Waals surface area contributed by atoms with Crippen molar-refractivity contribution in [2.75, 3.05) is 20.8 Å². The lowest BCUT2D eigenvalue weighted by Gasteiger charge is -2.39. The van der Waals surface area contributed by atoms with Gasteiger partial charge < -0.3 is 14.6 Å². The van der Waals surface area contributed by atoms with Crippen LogP contribution in [0, 0.1) is 0 Å². The van der Waals surface area contributed by atoms with E-state index in [0.29, 0.717) is 28.8 Å². The Bertz CT molecular complexity index is 779. The molecule has 0 amide bonds. The van der Waals surface area contributed by atoms with E-state index in [1.165, 1.54) is 11.3 Å². The van der Waals surface area contributed by atoms with Gasteiger partial charge >= 0.3 is 5.97 Å². The number of carboxylic acid groups (broad SMARTS) is 1. The molecule has 0 bridgehead atoms. The van der Waals surface area contributed by atoms with Crippen molar-refractivity contribution in [2.24, 2.45) is 0 Å². The minimum absolute atomic E-state index is 0.251. The molecular formula is C19H22ClNO4S. The first kappa shape index (κ1) is 19.0. The Hall–Kier alpha value is -1.76. The first-order valence-corrected chi connectivity index (χ1v) is 9.70. The molecule has 1 N–H and O–H groups in total. The summed E-state index contributed by atoms with van der Waals surface area (Å²) in [5.74, 6) is 0.617. The molecular weight excluding hydrogens is 374 g/mol. The summed E-state index contributed by atoms with van der Waals surface area (Å²) >= 11 is 7.65. The fourth-order valence-corrected chi connectivity index (χ4v) is 4.75. The van der Waals surface area contributed by atoms with E-state index < -0.39 is 12.0 Å². The number of nitrogens with zero attached hydrogens (tertiary/aromatic N) is 1. The predicted octanol–water partition coefficient (Wildman–Crippen LogP) is 4.45. The van der Waals surface area contributed by atoms with Gasteiger partial charge in [0.1, 0.15) is 17.5 Å². The molecule has 26 heavy (non-hydrogen) atoms. The van der Waals surface area contributed by atoms with Crippen molar-refractivity contribution in [3.63, 3.8) is 0 Å². The van der Waals surface area contributed by atoms with E-state index >= 15 is 0 Å². The molecule has 0 aliphatic carbocycles. The molecule has 0 radical (unpaired) electrons. The van der Waals surface area contributed by atoms with Crippen LogP contribution in [0.25, 0.3) is 0 Å². The topological polar surface area (TPSA) is 59.0 Å². The number of benzene rings is 1. The van der Waals surface area contributed by atoms with E-state index in [0.717, 1.165) is 23.3 Å². The van der Waals surface area contributed by atoms with Crippen molar-refractivity contribution in [3.05, 3.63) is 45.1 Å². The highest BCUT2D eigenvalue weighted by atomic mass is 35.5. The first-order valence-electron chi connectivity index (χ1n) is 8.51. The average Bonchev–Trinajstić information content (AvgIpc) is 3.08. The zero-order chi connectivity index (χ0) is 18.7. The molecule has 1 saturated heterocycles. The number of likely N-dealkylation sites (tertiary alicyclic amines) is 1. The van der Waals surface area contributed by atoms with Crippen LogP contribution in [0.4, 0.5) is 0 Å². The van der Waals surface area contributed by atoms with E-state index in [9.17, 15) is 9.90 Å². The number of aliphatic carboxylic acids is 1. The number of rotatable bonds is 6. The molecule has 0 saturated carbocycles. The lowest BCUT2D eigenvalue weighted by atomic mass is 9.94. The van der Waals surface area contributed by atoms with Gasteiger partial charge in [-0.05, 0) is 49.7 Å². The van der Waals surface area contributed by atoms with Gasteiger partial charge in [-0.1, -0.05) is 18.0 Å². The number of carboxylic acids is 1. The third-order valence-electron chi connectivity index (χ3n) is 4.76. The number of halogens is 1. The van der Waals surface area contributed by atoms with Gasteiger partial charge in [-0.2, -0.15) is 0 Å². The summed E-state index contributed by atoms with van der Waals surface area (Å²) in [6.45, 7) is 0.706. The van der Waals surface area contributed by atoms with Crippen LogP contribution < -0.4 is 9.47 Å². The van der Waals surface area contributed by atoms with Gasteiger partial charge in [0, 0.05) is 10.4 Å². The van der Waals surface area contributed by atoms with Gasteiger partial charge in [-0.3, -0.25) is 9.69 Å². The molecule has 1 fully saturated rings. The van der Waals surface area contributed by atoms with E-state index in [-0.39, 0.29) is 6.04 Å². The lowest BCUT2D eigenvalue weighted by molar-refractivity contribution is -0.145. The third kappa shape index (κ3) is 3.82. The standard InChI is InChI=1S/C19H22ClNO4S/c1-24-12-6-7-15(25-2)13(11-12)18(16-8-9-17(20)26-16)21-10-4-3-5-14(21)19(22)23/h6-9,11,14,18H,3-5,10H2,1-2H3,(H,22,23). The number of piperidine rings is 1. The largest absolute Gasteiger partial charge is 0.497 e. The minimum Gasteiger partial charge on any atom is -0.497 e. The maximum absolute atomic E-state index is 11.9. The summed E-state index contributed by atoms with van der Waals surface area (Å²) < 4.78 is 11.7. The van der Waals surface area contributed by atoms with Crippen molar-refractivity contribution in [2.45, 2.75) is 31.3 Å². The minimum atomic E-state index is -0.792. The molecule has 2 aromatic rings. The highest BCUT2D eigenvalue weighted by Gasteiger charge is 2.37. The number of ether oxygens (including phenoxy) is 2. The number of thiophene rings is 1. The molecule has 1 aliphatic rings. The van der Waals surface area contributed by atoms with Gasteiger partial charge in [0.15, 0.2) is 0 Å². The van der Waals surface area contributed by atoms with Crippen molar-refractivity contribution in [1.82, 2.24) is 4.90 Å². The van der Waals surface area contributed by atoms with Crippen LogP contribution in [0.15, 0.2) is 30.3 Å². The Morgan fingerprint density at radius 1 is 1.27 bits per heavy atom.